The summed E-state index contributed by atoms with van der Waals surface area (Å²) in [6.45, 7) is 0.784. The van der Waals surface area contributed by atoms with Gasteiger partial charge < -0.3 is 16.4 Å². The van der Waals surface area contributed by atoms with E-state index >= 15 is 0 Å². The molecule has 4 nitrogen and oxygen atoms in total. The van der Waals surface area contributed by atoms with Gasteiger partial charge >= 0.3 is 6.03 Å². The number of urea groups is 1. The Morgan fingerprint density at radius 1 is 1.12 bits per heavy atom. The molecule has 0 aliphatic heterocycles. The highest BCUT2D eigenvalue weighted by Gasteiger charge is 2.21. The minimum Gasteiger partial charge on any atom is -0.338 e. The molecule has 2 amide bonds. The predicted molar refractivity (Wildman–Crippen MR) is 68.7 cm³/mol. The maximum atomic E-state index is 11.7. The molecule has 0 spiro atoms. The topological polar surface area (TPSA) is 67.1 Å². The second-order valence-corrected chi connectivity index (χ2v) is 5.63. The zero-order chi connectivity index (χ0) is 12.1. The Morgan fingerprint density at radius 2 is 1.88 bits per heavy atom. The zero-order valence-corrected chi connectivity index (χ0v) is 10.6. The molecule has 2 saturated carbocycles. The number of nitrogens with one attached hydrogen (secondary N) is 2. The van der Waals surface area contributed by atoms with E-state index in [9.17, 15) is 4.79 Å². The van der Waals surface area contributed by atoms with E-state index in [-0.39, 0.29) is 6.03 Å². The Morgan fingerprint density at radius 3 is 2.59 bits per heavy atom. The van der Waals surface area contributed by atoms with Gasteiger partial charge in [-0.25, -0.2) is 4.79 Å². The fourth-order valence-corrected chi connectivity index (χ4v) is 3.06. The number of carbonyl (C=O) groups is 1. The van der Waals surface area contributed by atoms with Crippen molar-refractivity contribution in [2.45, 2.75) is 63.5 Å². The number of amides is 2. The molecule has 2 aliphatic rings. The van der Waals surface area contributed by atoms with Crippen molar-refractivity contribution < 1.29 is 4.79 Å². The summed E-state index contributed by atoms with van der Waals surface area (Å²) in [4.78, 5) is 11.7. The van der Waals surface area contributed by atoms with Gasteiger partial charge in [0.05, 0.1) is 0 Å². The Kier molecular flexibility index (Phi) is 4.66. The van der Waals surface area contributed by atoms with Crippen LogP contribution in [0, 0.1) is 5.92 Å². The summed E-state index contributed by atoms with van der Waals surface area (Å²) < 4.78 is 0. The molecular weight excluding hydrogens is 214 g/mol. The smallest absolute Gasteiger partial charge is 0.315 e. The summed E-state index contributed by atoms with van der Waals surface area (Å²) in [6, 6.07) is 0.758. The van der Waals surface area contributed by atoms with Crippen molar-refractivity contribution in [2.75, 3.05) is 6.54 Å². The molecule has 0 aromatic rings. The molecule has 0 aromatic carbocycles. The van der Waals surface area contributed by atoms with Gasteiger partial charge in [0, 0.05) is 18.6 Å². The van der Waals surface area contributed by atoms with Crippen LogP contribution >= 0.6 is 0 Å². The minimum absolute atomic E-state index is 0.0102. The van der Waals surface area contributed by atoms with Gasteiger partial charge in [-0.1, -0.05) is 19.3 Å². The monoisotopic (exact) mass is 239 g/mol. The highest BCUT2D eigenvalue weighted by atomic mass is 16.2. The minimum atomic E-state index is 0.0102. The largest absolute Gasteiger partial charge is 0.338 e. The summed E-state index contributed by atoms with van der Waals surface area (Å²) in [5.41, 5.74) is 5.94. The van der Waals surface area contributed by atoms with Crippen LogP contribution in [0.4, 0.5) is 4.79 Å². The first-order chi connectivity index (χ1) is 8.24. The molecule has 17 heavy (non-hydrogen) atoms. The maximum absolute atomic E-state index is 11.7. The van der Waals surface area contributed by atoms with E-state index in [1.165, 1.54) is 25.7 Å². The number of rotatable bonds is 3. The van der Waals surface area contributed by atoms with Gasteiger partial charge in [-0.2, -0.15) is 0 Å². The molecule has 0 aromatic heterocycles. The highest BCUT2D eigenvalue weighted by Crippen LogP contribution is 2.22. The number of hydrogen-bond donors (Lipinski definition) is 3. The molecule has 4 N–H and O–H groups in total. The van der Waals surface area contributed by atoms with Crippen LogP contribution in [0.25, 0.3) is 0 Å². The lowest BCUT2D eigenvalue weighted by Gasteiger charge is -2.26. The lowest BCUT2D eigenvalue weighted by Crippen LogP contribution is -2.43. The quantitative estimate of drug-likeness (QED) is 0.702. The molecule has 2 unspecified atom stereocenters. The number of hydrogen-bond acceptors (Lipinski definition) is 2. The summed E-state index contributed by atoms with van der Waals surface area (Å²) in [5.74, 6) is 0.577. The third kappa shape index (κ3) is 4.19. The van der Waals surface area contributed by atoms with Gasteiger partial charge in [0.25, 0.3) is 0 Å². The van der Waals surface area contributed by atoms with Crippen LogP contribution in [0.2, 0.25) is 0 Å². The van der Waals surface area contributed by atoms with E-state index in [2.05, 4.69) is 10.6 Å². The molecule has 98 valence electrons. The van der Waals surface area contributed by atoms with Crippen molar-refractivity contribution >= 4 is 6.03 Å². The summed E-state index contributed by atoms with van der Waals surface area (Å²) in [6.07, 6.45) is 9.40. The molecule has 0 radical (unpaired) electrons. The van der Waals surface area contributed by atoms with E-state index in [0.717, 1.165) is 32.2 Å². The van der Waals surface area contributed by atoms with Gasteiger partial charge in [0.15, 0.2) is 0 Å². The number of carbonyl (C=O) groups excluding carboxylic acids is 1. The predicted octanol–water partition coefficient (Wildman–Crippen LogP) is 1.75. The summed E-state index contributed by atoms with van der Waals surface area (Å²) in [7, 11) is 0. The lowest BCUT2D eigenvalue weighted by atomic mass is 9.86. The highest BCUT2D eigenvalue weighted by molar-refractivity contribution is 5.74. The molecule has 4 heteroatoms. The molecule has 0 bridgehead atoms. The maximum Gasteiger partial charge on any atom is 0.315 e. The van der Waals surface area contributed by atoms with Crippen LogP contribution in [0.3, 0.4) is 0 Å². The van der Waals surface area contributed by atoms with Crippen LogP contribution in [0.5, 0.6) is 0 Å². The molecule has 2 rings (SSSR count). The Bertz CT molecular complexity index is 251. The summed E-state index contributed by atoms with van der Waals surface area (Å²) in [5, 5.41) is 6.04. The average molecular weight is 239 g/mol. The van der Waals surface area contributed by atoms with Gasteiger partial charge in [-0.15, -0.1) is 0 Å². The van der Waals surface area contributed by atoms with Gasteiger partial charge in [-0.05, 0) is 38.0 Å². The van der Waals surface area contributed by atoms with E-state index in [0.29, 0.717) is 18.0 Å². The molecular formula is C13H25N3O. The van der Waals surface area contributed by atoms with E-state index in [1.807, 2.05) is 0 Å². The molecule has 2 fully saturated rings. The van der Waals surface area contributed by atoms with Crippen molar-refractivity contribution in [1.82, 2.24) is 10.6 Å². The van der Waals surface area contributed by atoms with E-state index in [1.54, 1.807) is 0 Å². The van der Waals surface area contributed by atoms with Crippen LogP contribution in [-0.2, 0) is 0 Å². The van der Waals surface area contributed by atoms with Crippen LogP contribution in [-0.4, -0.2) is 24.7 Å². The normalized spacial score (nSPS) is 30.2. The fraction of sp³-hybridized carbons (Fsp3) is 0.923. The average Bonchev–Trinajstić information content (AvgIpc) is 2.79. The third-order valence-corrected chi connectivity index (χ3v) is 4.07. The number of nitrogens with two attached hydrogens (primary N) is 1. The van der Waals surface area contributed by atoms with Crippen molar-refractivity contribution in [3.63, 3.8) is 0 Å². The molecule has 2 atom stereocenters. The van der Waals surface area contributed by atoms with Crippen LogP contribution in [0.1, 0.15) is 51.4 Å². The lowest BCUT2D eigenvalue weighted by molar-refractivity contribution is 0.231. The van der Waals surface area contributed by atoms with Crippen LogP contribution in [0.15, 0.2) is 0 Å². The summed E-state index contributed by atoms with van der Waals surface area (Å²) >= 11 is 0. The van der Waals surface area contributed by atoms with Crippen molar-refractivity contribution in [3.05, 3.63) is 0 Å². The first-order valence-corrected chi connectivity index (χ1v) is 7.04. The van der Waals surface area contributed by atoms with E-state index in [4.69, 9.17) is 5.73 Å². The Balaban J connectivity index is 1.61. The van der Waals surface area contributed by atoms with E-state index < -0.39 is 0 Å². The van der Waals surface area contributed by atoms with Crippen molar-refractivity contribution in [2.24, 2.45) is 11.7 Å². The first kappa shape index (κ1) is 12.7. The third-order valence-electron chi connectivity index (χ3n) is 4.07. The van der Waals surface area contributed by atoms with Crippen LogP contribution < -0.4 is 16.4 Å². The second-order valence-electron chi connectivity index (χ2n) is 5.63. The SMILES string of the molecule is NC1CCCC(CNC(=O)NC2CCCC2)C1. The van der Waals surface area contributed by atoms with Crippen molar-refractivity contribution in [1.29, 1.82) is 0 Å². The second kappa shape index (κ2) is 6.24. The fourth-order valence-electron chi connectivity index (χ4n) is 3.06. The Labute approximate surface area is 104 Å². The first-order valence-electron chi connectivity index (χ1n) is 7.04. The molecule has 0 heterocycles. The molecule has 0 saturated heterocycles. The molecule has 2 aliphatic carbocycles. The zero-order valence-electron chi connectivity index (χ0n) is 10.6. The van der Waals surface area contributed by atoms with Gasteiger partial charge in [0.2, 0.25) is 0 Å². The standard InChI is InChI=1S/C13H25N3O/c14-11-5-3-4-10(8-11)9-15-13(17)16-12-6-1-2-7-12/h10-12H,1-9,14H2,(H2,15,16,17). The Hall–Kier alpha value is -0.770. The van der Waals surface area contributed by atoms with Gasteiger partial charge in [0.1, 0.15) is 0 Å². The van der Waals surface area contributed by atoms with Gasteiger partial charge in [-0.3, -0.25) is 0 Å². The van der Waals surface area contributed by atoms with Crippen molar-refractivity contribution in [3.8, 4) is 0 Å².